The number of aromatic amines is 1. The van der Waals surface area contributed by atoms with Crippen molar-refractivity contribution in [2.24, 2.45) is 17.8 Å². The van der Waals surface area contributed by atoms with Gasteiger partial charge in [0.1, 0.15) is 23.1 Å². The van der Waals surface area contributed by atoms with Crippen LogP contribution >= 0.6 is 11.6 Å². The van der Waals surface area contributed by atoms with Crippen molar-refractivity contribution < 1.29 is 9.63 Å². The number of benzene rings is 1. The van der Waals surface area contributed by atoms with E-state index < -0.39 is 11.9 Å². The van der Waals surface area contributed by atoms with E-state index in [0.717, 1.165) is 62.1 Å². The summed E-state index contributed by atoms with van der Waals surface area (Å²) in [6.07, 6.45) is 9.46. The predicted octanol–water partition coefficient (Wildman–Crippen LogP) is 5.93. The normalized spacial score (nSPS) is 21.7. The van der Waals surface area contributed by atoms with Gasteiger partial charge in [0.25, 0.3) is 0 Å². The predicted molar refractivity (Wildman–Crippen MR) is 145 cm³/mol. The number of hydrogen-bond donors (Lipinski definition) is 2. The number of nitrogens with one attached hydrogen (secondary N) is 1. The largest absolute Gasteiger partial charge is 0.439 e. The second-order valence-corrected chi connectivity index (χ2v) is 11.5. The van der Waals surface area contributed by atoms with Crippen molar-refractivity contribution in [1.82, 2.24) is 29.7 Å². The highest BCUT2D eigenvalue weighted by atomic mass is 35.5. The van der Waals surface area contributed by atoms with Gasteiger partial charge < -0.3 is 9.67 Å². The highest BCUT2D eigenvalue weighted by Gasteiger charge is 2.31. The molecule has 0 radical (unpaired) electrons. The maximum atomic E-state index is 11.7. The molecule has 200 valence electrons. The van der Waals surface area contributed by atoms with Crippen LogP contribution in [-0.2, 0) is 6.54 Å². The topological polar surface area (TPSA) is 123 Å². The molecular weight excluding hydrogens is 504 g/mol. The maximum Gasteiger partial charge on any atom is 0.439 e. The Labute approximate surface area is 225 Å². The van der Waals surface area contributed by atoms with E-state index in [1.807, 2.05) is 24.3 Å². The van der Waals surface area contributed by atoms with Gasteiger partial charge in [0.2, 0.25) is 11.6 Å². The van der Waals surface area contributed by atoms with Crippen molar-refractivity contribution in [1.29, 1.82) is 0 Å². The lowest BCUT2D eigenvalue weighted by Gasteiger charge is -2.30. The first-order valence-corrected chi connectivity index (χ1v) is 14.1. The Morgan fingerprint density at radius 2 is 1.89 bits per heavy atom. The summed E-state index contributed by atoms with van der Waals surface area (Å²) in [5.74, 6) is 1.70. The lowest BCUT2D eigenvalue weighted by Crippen LogP contribution is -2.23. The molecule has 0 spiro atoms. The average Bonchev–Trinajstić information content (AvgIpc) is 3.53. The number of imidazole rings is 1. The summed E-state index contributed by atoms with van der Waals surface area (Å²) in [6, 6.07) is 7.50. The molecule has 0 aliphatic heterocycles. The number of aromatic nitrogens is 6. The molecule has 4 aromatic rings. The number of aliphatic hydroxyl groups excluding tert-OH is 1. The second-order valence-electron chi connectivity index (χ2n) is 11.1. The third kappa shape index (κ3) is 5.01. The first-order valence-electron chi connectivity index (χ1n) is 13.7. The standard InChI is InChI=1S/C28H33ClN6O3/c1-16-10-12-17(13-11-16)15-35-22-21(19-8-5-9-20(29)14-19)30-25(26-33-28(37)38-34-26)31-24(22)32-27(35)23(36)18-6-3-2-4-7-18/h5,8-9,14,16-18,23,36H,2-4,6-7,10-13,15H2,1H3,(H,33,34,37)/t16-,17-,23?. The van der Waals surface area contributed by atoms with Gasteiger partial charge in [0.15, 0.2) is 5.65 Å². The molecule has 1 atom stereocenters. The van der Waals surface area contributed by atoms with Crippen LogP contribution in [0.4, 0.5) is 0 Å². The Morgan fingerprint density at radius 3 is 2.61 bits per heavy atom. The number of fused-ring (bicyclic) bond motifs is 1. The molecule has 10 heteroatoms. The molecule has 1 aromatic carbocycles. The van der Waals surface area contributed by atoms with Crippen molar-refractivity contribution >= 4 is 22.8 Å². The van der Waals surface area contributed by atoms with E-state index >= 15 is 0 Å². The SMILES string of the molecule is C[C@H]1CC[C@H](Cn2c(C(O)C3CCCCC3)nc3nc(-c4noc(=O)[nH]4)nc(-c4cccc(Cl)c4)c32)CC1. The summed E-state index contributed by atoms with van der Waals surface area (Å²) in [5, 5.41) is 16.1. The summed E-state index contributed by atoms with van der Waals surface area (Å²) in [5.41, 5.74) is 2.66. The third-order valence-electron chi connectivity index (χ3n) is 8.32. The Bertz CT molecular complexity index is 1480. The maximum absolute atomic E-state index is 11.7. The Hall–Kier alpha value is -3.04. The van der Waals surface area contributed by atoms with Crippen molar-refractivity contribution in [3.8, 4) is 22.9 Å². The Balaban J connectivity index is 1.55. The Kier molecular flexibility index (Phi) is 7.05. The molecule has 2 aliphatic rings. The fourth-order valence-electron chi connectivity index (χ4n) is 6.16. The van der Waals surface area contributed by atoms with E-state index in [4.69, 9.17) is 31.1 Å². The molecule has 38 heavy (non-hydrogen) atoms. The van der Waals surface area contributed by atoms with E-state index in [2.05, 4.69) is 21.6 Å². The molecule has 3 aromatic heterocycles. The zero-order chi connectivity index (χ0) is 26.2. The van der Waals surface area contributed by atoms with E-state index in [9.17, 15) is 9.90 Å². The van der Waals surface area contributed by atoms with Crippen LogP contribution in [0.1, 0.15) is 76.6 Å². The average molecular weight is 537 g/mol. The molecule has 3 heterocycles. The summed E-state index contributed by atoms with van der Waals surface area (Å²) < 4.78 is 6.89. The summed E-state index contributed by atoms with van der Waals surface area (Å²) in [4.78, 5) is 28.7. The molecule has 2 aliphatic carbocycles. The van der Waals surface area contributed by atoms with Crippen LogP contribution in [0.2, 0.25) is 5.02 Å². The third-order valence-corrected chi connectivity index (χ3v) is 8.55. The monoisotopic (exact) mass is 536 g/mol. The van der Waals surface area contributed by atoms with Gasteiger partial charge in [-0.15, -0.1) is 0 Å². The van der Waals surface area contributed by atoms with Gasteiger partial charge in [-0.25, -0.2) is 19.7 Å². The van der Waals surface area contributed by atoms with Gasteiger partial charge in [-0.3, -0.25) is 9.51 Å². The molecule has 0 amide bonds. The second kappa shape index (κ2) is 10.6. The molecule has 9 nitrogen and oxygen atoms in total. The van der Waals surface area contributed by atoms with Gasteiger partial charge >= 0.3 is 5.76 Å². The molecule has 6 rings (SSSR count). The zero-order valence-electron chi connectivity index (χ0n) is 21.6. The van der Waals surface area contributed by atoms with Crippen LogP contribution in [0.5, 0.6) is 0 Å². The lowest BCUT2D eigenvalue weighted by atomic mass is 9.82. The summed E-state index contributed by atoms with van der Waals surface area (Å²) >= 11 is 6.39. The minimum atomic E-state index is -0.686. The van der Waals surface area contributed by atoms with E-state index in [0.29, 0.717) is 28.1 Å². The van der Waals surface area contributed by atoms with E-state index in [1.165, 1.54) is 19.3 Å². The van der Waals surface area contributed by atoms with Gasteiger partial charge in [-0.2, -0.15) is 0 Å². The molecular formula is C28H33ClN6O3. The highest BCUT2D eigenvalue weighted by molar-refractivity contribution is 6.30. The Morgan fingerprint density at radius 1 is 1.11 bits per heavy atom. The smallest absolute Gasteiger partial charge is 0.385 e. The minimum Gasteiger partial charge on any atom is -0.385 e. The molecule has 2 N–H and O–H groups in total. The molecule has 0 saturated heterocycles. The van der Waals surface area contributed by atoms with Crippen molar-refractivity contribution in [3.05, 3.63) is 45.7 Å². The number of halogens is 1. The fraction of sp³-hybridized carbons (Fsp3) is 0.536. The fourth-order valence-corrected chi connectivity index (χ4v) is 6.35. The van der Waals surface area contributed by atoms with Gasteiger partial charge in [-0.1, -0.05) is 67.9 Å². The number of nitrogens with zero attached hydrogens (tertiary/aromatic N) is 5. The van der Waals surface area contributed by atoms with E-state index in [-0.39, 0.29) is 17.6 Å². The number of hydrogen-bond acceptors (Lipinski definition) is 7. The van der Waals surface area contributed by atoms with Crippen molar-refractivity contribution in [2.45, 2.75) is 77.4 Å². The first kappa shape index (κ1) is 25.2. The van der Waals surface area contributed by atoms with Crippen LogP contribution in [0.25, 0.3) is 34.1 Å². The zero-order valence-corrected chi connectivity index (χ0v) is 22.3. The van der Waals surface area contributed by atoms with Crippen LogP contribution in [0.15, 0.2) is 33.6 Å². The van der Waals surface area contributed by atoms with Crippen LogP contribution in [0.3, 0.4) is 0 Å². The molecule has 0 bridgehead atoms. The molecule has 2 fully saturated rings. The van der Waals surface area contributed by atoms with Gasteiger partial charge in [0.05, 0.1) is 0 Å². The number of rotatable bonds is 6. The van der Waals surface area contributed by atoms with Gasteiger partial charge in [-0.05, 0) is 55.6 Å². The summed E-state index contributed by atoms with van der Waals surface area (Å²) in [7, 11) is 0. The molecule has 1 unspecified atom stereocenters. The van der Waals surface area contributed by atoms with E-state index in [1.54, 1.807) is 0 Å². The lowest BCUT2D eigenvalue weighted by molar-refractivity contribution is 0.0730. The summed E-state index contributed by atoms with van der Waals surface area (Å²) in [6.45, 7) is 3.07. The quantitative estimate of drug-likeness (QED) is 0.313. The minimum absolute atomic E-state index is 0.130. The van der Waals surface area contributed by atoms with Crippen LogP contribution in [-0.4, -0.2) is 34.8 Å². The highest BCUT2D eigenvalue weighted by Crippen LogP contribution is 2.39. The van der Waals surface area contributed by atoms with Crippen LogP contribution in [0, 0.1) is 17.8 Å². The number of H-pyrrole nitrogens is 1. The van der Waals surface area contributed by atoms with Crippen molar-refractivity contribution in [3.63, 3.8) is 0 Å². The molecule has 2 saturated carbocycles. The van der Waals surface area contributed by atoms with Crippen molar-refractivity contribution in [2.75, 3.05) is 0 Å². The first-order chi connectivity index (χ1) is 18.5. The van der Waals surface area contributed by atoms with Crippen LogP contribution < -0.4 is 5.76 Å². The van der Waals surface area contributed by atoms with Gasteiger partial charge in [0, 0.05) is 17.1 Å². The number of aliphatic hydroxyl groups is 1.